The molecule has 6 nitrogen and oxygen atoms in total. The third kappa shape index (κ3) is 3.64. The molecule has 2 aromatic rings. The van der Waals surface area contributed by atoms with E-state index < -0.39 is 0 Å². The summed E-state index contributed by atoms with van der Waals surface area (Å²) in [6, 6.07) is 13.2. The van der Waals surface area contributed by atoms with Gasteiger partial charge in [0.15, 0.2) is 11.5 Å². The highest BCUT2D eigenvalue weighted by Crippen LogP contribution is 2.30. The number of rotatable bonds is 4. The minimum absolute atomic E-state index is 0.230. The van der Waals surface area contributed by atoms with Crippen LogP contribution in [0.1, 0.15) is 28.8 Å². The zero-order chi connectivity index (χ0) is 17.8. The molecule has 0 spiro atoms. The lowest BCUT2D eigenvalue weighted by atomic mass is 10.2. The summed E-state index contributed by atoms with van der Waals surface area (Å²) >= 11 is 0. The molecule has 0 atom stereocenters. The molecule has 134 valence electrons. The van der Waals surface area contributed by atoms with Crippen LogP contribution in [-0.4, -0.2) is 38.4 Å². The molecule has 0 saturated carbocycles. The van der Waals surface area contributed by atoms with Gasteiger partial charge in [0.05, 0.1) is 6.21 Å². The Morgan fingerprint density at radius 2 is 1.73 bits per heavy atom. The van der Waals surface area contributed by atoms with Gasteiger partial charge in [0.2, 0.25) is 0 Å². The second kappa shape index (κ2) is 7.47. The fourth-order valence-corrected chi connectivity index (χ4v) is 3.17. The van der Waals surface area contributed by atoms with Crippen LogP contribution in [0, 0.1) is 0 Å². The average Bonchev–Trinajstić information content (AvgIpc) is 3.23. The number of hydrogen-bond donors (Lipinski definition) is 1. The van der Waals surface area contributed by atoms with Crippen molar-refractivity contribution >= 4 is 17.8 Å². The molecule has 0 aliphatic carbocycles. The van der Waals surface area contributed by atoms with Gasteiger partial charge >= 0.3 is 0 Å². The van der Waals surface area contributed by atoms with E-state index in [0.29, 0.717) is 24.5 Å². The quantitative estimate of drug-likeness (QED) is 0.680. The first-order valence-electron chi connectivity index (χ1n) is 8.88. The number of ether oxygens (including phenoxy) is 2. The van der Waals surface area contributed by atoms with Crippen molar-refractivity contribution in [3.05, 3.63) is 53.6 Å². The molecule has 4 rings (SSSR count). The van der Waals surface area contributed by atoms with Crippen LogP contribution in [0.15, 0.2) is 47.6 Å². The van der Waals surface area contributed by atoms with Crippen LogP contribution in [-0.2, 0) is 0 Å². The summed E-state index contributed by atoms with van der Waals surface area (Å²) < 4.78 is 11.0. The van der Waals surface area contributed by atoms with Gasteiger partial charge in [-0.15, -0.1) is 0 Å². The molecular formula is C20H21N3O3. The Kier molecular flexibility index (Phi) is 4.73. The summed E-state index contributed by atoms with van der Waals surface area (Å²) in [5.74, 6) is 1.20. The zero-order valence-corrected chi connectivity index (χ0v) is 14.5. The van der Waals surface area contributed by atoms with Crippen LogP contribution in [0.25, 0.3) is 0 Å². The maximum atomic E-state index is 12.2. The molecule has 1 N–H and O–H groups in total. The highest BCUT2D eigenvalue weighted by atomic mass is 16.6. The van der Waals surface area contributed by atoms with Gasteiger partial charge in [-0.1, -0.05) is 0 Å². The highest BCUT2D eigenvalue weighted by Gasteiger charge is 2.13. The van der Waals surface area contributed by atoms with Crippen molar-refractivity contribution in [3.8, 4) is 11.5 Å². The maximum absolute atomic E-state index is 12.2. The van der Waals surface area contributed by atoms with E-state index in [1.807, 2.05) is 42.5 Å². The predicted molar refractivity (Wildman–Crippen MR) is 100 cm³/mol. The lowest BCUT2D eigenvalue weighted by molar-refractivity contribution is 0.0955. The molecule has 0 radical (unpaired) electrons. The van der Waals surface area contributed by atoms with Crippen LogP contribution in [0.5, 0.6) is 11.5 Å². The number of anilines is 1. The molecule has 6 heteroatoms. The summed E-state index contributed by atoms with van der Waals surface area (Å²) in [6.07, 6.45) is 4.06. The summed E-state index contributed by atoms with van der Waals surface area (Å²) in [5, 5.41) is 4.04. The first-order valence-corrected chi connectivity index (χ1v) is 8.88. The van der Waals surface area contributed by atoms with Crippen molar-refractivity contribution in [2.45, 2.75) is 12.8 Å². The van der Waals surface area contributed by atoms with Crippen LogP contribution >= 0.6 is 0 Å². The molecule has 0 unspecified atom stereocenters. The van der Waals surface area contributed by atoms with E-state index in [2.05, 4.69) is 15.4 Å². The molecule has 2 aliphatic heterocycles. The number of amides is 1. The second-order valence-electron chi connectivity index (χ2n) is 6.34. The molecule has 1 amide bonds. The Labute approximate surface area is 152 Å². The minimum atomic E-state index is -0.230. The van der Waals surface area contributed by atoms with E-state index in [1.165, 1.54) is 18.5 Å². The van der Waals surface area contributed by atoms with Gasteiger partial charge in [0.25, 0.3) is 5.91 Å². The Balaban J connectivity index is 1.36. The predicted octanol–water partition coefficient (Wildman–Crippen LogP) is 2.82. The van der Waals surface area contributed by atoms with Crippen molar-refractivity contribution in [1.29, 1.82) is 0 Å². The summed E-state index contributed by atoms with van der Waals surface area (Å²) in [7, 11) is 0. The van der Waals surface area contributed by atoms with E-state index in [-0.39, 0.29) is 5.91 Å². The monoisotopic (exact) mass is 351 g/mol. The lowest BCUT2D eigenvalue weighted by Crippen LogP contribution is -2.19. The second-order valence-corrected chi connectivity index (χ2v) is 6.34. The number of nitrogens with zero attached hydrogens (tertiary/aromatic N) is 2. The number of carbonyl (C=O) groups excluding carboxylic acids is 1. The fourth-order valence-electron chi connectivity index (χ4n) is 3.17. The Bertz CT molecular complexity index is 812. The largest absolute Gasteiger partial charge is 0.486 e. The normalized spacial score (nSPS) is 16.1. The van der Waals surface area contributed by atoms with E-state index in [9.17, 15) is 4.79 Å². The van der Waals surface area contributed by atoms with Crippen LogP contribution in [0.2, 0.25) is 0 Å². The lowest BCUT2D eigenvalue weighted by Gasteiger charge is -2.18. The van der Waals surface area contributed by atoms with Gasteiger partial charge in [-0.2, -0.15) is 5.10 Å². The Hall–Kier alpha value is -3.02. The molecule has 1 saturated heterocycles. The van der Waals surface area contributed by atoms with Gasteiger partial charge in [-0.05, 0) is 60.9 Å². The summed E-state index contributed by atoms with van der Waals surface area (Å²) in [4.78, 5) is 14.6. The first-order chi connectivity index (χ1) is 12.8. The number of hydrazone groups is 1. The van der Waals surface area contributed by atoms with Crippen molar-refractivity contribution < 1.29 is 14.3 Å². The molecule has 2 heterocycles. The Morgan fingerprint density at radius 1 is 1.00 bits per heavy atom. The van der Waals surface area contributed by atoms with Crippen molar-refractivity contribution in [2.24, 2.45) is 5.10 Å². The number of carbonyl (C=O) groups is 1. The molecule has 0 bridgehead atoms. The summed E-state index contributed by atoms with van der Waals surface area (Å²) in [6.45, 7) is 3.28. The minimum Gasteiger partial charge on any atom is -0.486 e. The Morgan fingerprint density at radius 3 is 2.50 bits per heavy atom. The van der Waals surface area contributed by atoms with E-state index in [1.54, 1.807) is 6.21 Å². The first kappa shape index (κ1) is 16.4. The van der Waals surface area contributed by atoms with Gasteiger partial charge < -0.3 is 14.4 Å². The average molecular weight is 351 g/mol. The number of hydrogen-bond acceptors (Lipinski definition) is 5. The van der Waals surface area contributed by atoms with Crippen LogP contribution < -0.4 is 19.8 Å². The maximum Gasteiger partial charge on any atom is 0.271 e. The fraction of sp³-hybridized carbons (Fsp3) is 0.300. The van der Waals surface area contributed by atoms with Crippen molar-refractivity contribution in [3.63, 3.8) is 0 Å². The van der Waals surface area contributed by atoms with Gasteiger partial charge in [-0.25, -0.2) is 5.43 Å². The van der Waals surface area contributed by atoms with Gasteiger partial charge in [0, 0.05) is 24.3 Å². The third-order valence-electron chi connectivity index (χ3n) is 4.55. The number of benzene rings is 2. The van der Waals surface area contributed by atoms with Gasteiger partial charge in [0.1, 0.15) is 13.2 Å². The molecule has 1 fully saturated rings. The standard InChI is InChI=1S/C20H21N3O3/c24-20(16-4-6-17(7-5-16)23-9-1-2-10-23)22-21-14-15-3-8-18-19(13-15)26-12-11-25-18/h3-8,13-14H,1-2,9-12H2,(H,22,24)/b21-14-. The van der Waals surface area contributed by atoms with Crippen LogP contribution in [0.3, 0.4) is 0 Å². The van der Waals surface area contributed by atoms with E-state index in [4.69, 9.17) is 9.47 Å². The molecular weight excluding hydrogens is 330 g/mol. The molecule has 2 aliphatic rings. The highest BCUT2D eigenvalue weighted by molar-refractivity contribution is 5.95. The van der Waals surface area contributed by atoms with Crippen LogP contribution in [0.4, 0.5) is 5.69 Å². The smallest absolute Gasteiger partial charge is 0.271 e. The number of nitrogens with one attached hydrogen (secondary N) is 1. The number of fused-ring (bicyclic) bond motifs is 1. The van der Waals surface area contributed by atoms with E-state index >= 15 is 0 Å². The SMILES string of the molecule is O=C(N/N=C\c1ccc2c(c1)OCCO2)c1ccc(N2CCCC2)cc1. The molecule has 2 aromatic carbocycles. The van der Waals surface area contributed by atoms with E-state index in [0.717, 1.165) is 24.4 Å². The molecule has 0 aromatic heterocycles. The summed E-state index contributed by atoms with van der Waals surface area (Å²) in [5.41, 5.74) is 5.15. The van der Waals surface area contributed by atoms with Crippen molar-refractivity contribution in [2.75, 3.05) is 31.2 Å². The van der Waals surface area contributed by atoms with Gasteiger partial charge in [-0.3, -0.25) is 4.79 Å². The topological polar surface area (TPSA) is 63.2 Å². The van der Waals surface area contributed by atoms with Crippen molar-refractivity contribution in [1.82, 2.24) is 5.43 Å². The zero-order valence-electron chi connectivity index (χ0n) is 14.5. The third-order valence-corrected chi connectivity index (χ3v) is 4.55. The molecule has 26 heavy (non-hydrogen) atoms.